The van der Waals surface area contributed by atoms with E-state index in [4.69, 9.17) is 0 Å². The third-order valence-electron chi connectivity index (χ3n) is 3.26. The summed E-state index contributed by atoms with van der Waals surface area (Å²) >= 11 is 0. The summed E-state index contributed by atoms with van der Waals surface area (Å²) in [6.45, 7) is 4.90. The van der Waals surface area contributed by atoms with Crippen LogP contribution < -0.4 is 10.6 Å². The van der Waals surface area contributed by atoms with Crippen molar-refractivity contribution in [1.29, 1.82) is 0 Å². The molecule has 0 saturated carbocycles. The van der Waals surface area contributed by atoms with Crippen LogP contribution in [0.3, 0.4) is 0 Å². The maximum atomic E-state index is 11.9. The van der Waals surface area contributed by atoms with Gasteiger partial charge in [0.15, 0.2) is 0 Å². The minimum atomic E-state index is -0.774. The molecule has 0 spiro atoms. The van der Waals surface area contributed by atoms with Crippen LogP contribution in [0.4, 0.5) is 0 Å². The second kappa shape index (κ2) is 7.11. The number of hydrogen-bond donors (Lipinski definition) is 2. The smallest absolute Gasteiger partial charge is 0.224 e. The minimum Gasteiger partial charge on any atom is -0.353 e. The van der Waals surface area contributed by atoms with E-state index < -0.39 is 10.8 Å². The fourth-order valence-electron chi connectivity index (χ4n) is 2.00. The standard InChI is InChI=1S/C12H24N2O2S/c1-9-4-5-11(8-13-9)12(15)14-10(2)6-7-17(3)16/h9-11,13H,4-8H2,1-3H3,(H,14,15). The van der Waals surface area contributed by atoms with Gasteiger partial charge in [0.05, 0.1) is 5.92 Å². The Morgan fingerprint density at radius 1 is 1.53 bits per heavy atom. The van der Waals surface area contributed by atoms with Gasteiger partial charge < -0.3 is 10.6 Å². The van der Waals surface area contributed by atoms with Gasteiger partial charge in [0.25, 0.3) is 0 Å². The molecule has 0 aromatic heterocycles. The molecule has 0 aromatic carbocycles. The average Bonchev–Trinajstić information content (AvgIpc) is 2.27. The number of carbonyl (C=O) groups is 1. The summed E-state index contributed by atoms with van der Waals surface area (Å²) in [4.78, 5) is 11.9. The second-order valence-electron chi connectivity index (χ2n) is 5.06. The van der Waals surface area contributed by atoms with Crippen LogP contribution in [0.5, 0.6) is 0 Å². The summed E-state index contributed by atoms with van der Waals surface area (Å²) in [5.74, 6) is 0.890. The first-order valence-corrected chi connectivity index (χ1v) is 8.05. The third-order valence-corrected chi connectivity index (χ3v) is 4.07. The van der Waals surface area contributed by atoms with Gasteiger partial charge in [-0.1, -0.05) is 0 Å². The van der Waals surface area contributed by atoms with Gasteiger partial charge in [-0.3, -0.25) is 9.00 Å². The van der Waals surface area contributed by atoms with Crippen LogP contribution in [0.25, 0.3) is 0 Å². The van der Waals surface area contributed by atoms with Crippen molar-refractivity contribution in [2.24, 2.45) is 5.92 Å². The third kappa shape index (κ3) is 5.64. The number of amides is 1. The first-order valence-electron chi connectivity index (χ1n) is 6.32. The highest BCUT2D eigenvalue weighted by Crippen LogP contribution is 2.14. The van der Waals surface area contributed by atoms with Crippen molar-refractivity contribution >= 4 is 16.7 Å². The molecule has 2 N–H and O–H groups in total. The van der Waals surface area contributed by atoms with Gasteiger partial charge in [-0.2, -0.15) is 0 Å². The minimum absolute atomic E-state index is 0.0979. The molecule has 5 heteroatoms. The van der Waals surface area contributed by atoms with Crippen LogP contribution in [-0.4, -0.2) is 40.8 Å². The van der Waals surface area contributed by atoms with Crippen LogP contribution in [0, 0.1) is 5.92 Å². The lowest BCUT2D eigenvalue weighted by atomic mass is 9.94. The Bertz CT molecular complexity index is 276. The van der Waals surface area contributed by atoms with Crippen LogP contribution in [0.2, 0.25) is 0 Å². The van der Waals surface area contributed by atoms with Gasteiger partial charge in [0, 0.05) is 41.4 Å². The maximum absolute atomic E-state index is 11.9. The van der Waals surface area contributed by atoms with Crippen molar-refractivity contribution in [3.05, 3.63) is 0 Å². The Morgan fingerprint density at radius 2 is 2.24 bits per heavy atom. The van der Waals surface area contributed by atoms with Crippen LogP contribution in [0.1, 0.15) is 33.1 Å². The highest BCUT2D eigenvalue weighted by Gasteiger charge is 2.24. The SMILES string of the molecule is CC1CCC(C(=O)NC(C)CCS(C)=O)CN1. The summed E-state index contributed by atoms with van der Waals surface area (Å²) in [7, 11) is -0.774. The van der Waals surface area contributed by atoms with E-state index >= 15 is 0 Å². The summed E-state index contributed by atoms with van der Waals surface area (Å²) in [6, 6.07) is 0.643. The normalized spacial score (nSPS) is 28.4. The predicted molar refractivity (Wildman–Crippen MR) is 71.3 cm³/mol. The zero-order chi connectivity index (χ0) is 12.8. The van der Waals surface area contributed by atoms with E-state index in [1.54, 1.807) is 6.26 Å². The van der Waals surface area contributed by atoms with E-state index in [9.17, 15) is 9.00 Å². The molecular weight excluding hydrogens is 236 g/mol. The molecule has 4 unspecified atom stereocenters. The van der Waals surface area contributed by atoms with Crippen LogP contribution >= 0.6 is 0 Å². The zero-order valence-electron chi connectivity index (χ0n) is 11.0. The fraction of sp³-hybridized carbons (Fsp3) is 0.917. The summed E-state index contributed by atoms with van der Waals surface area (Å²) in [6.07, 6.45) is 4.50. The molecule has 0 radical (unpaired) electrons. The van der Waals surface area contributed by atoms with E-state index in [-0.39, 0.29) is 17.9 Å². The molecule has 0 aromatic rings. The number of rotatable bonds is 5. The number of carbonyl (C=O) groups excluding carboxylic acids is 1. The molecule has 1 fully saturated rings. The first-order chi connectivity index (χ1) is 7.99. The van der Waals surface area contributed by atoms with E-state index in [1.165, 1.54) is 0 Å². The Kier molecular flexibility index (Phi) is 6.12. The molecule has 1 amide bonds. The molecule has 100 valence electrons. The monoisotopic (exact) mass is 260 g/mol. The topological polar surface area (TPSA) is 58.2 Å². The molecular formula is C12H24N2O2S. The summed E-state index contributed by atoms with van der Waals surface area (Å²) in [5.41, 5.74) is 0. The van der Waals surface area contributed by atoms with E-state index in [1.807, 2.05) is 6.92 Å². The van der Waals surface area contributed by atoms with E-state index in [0.717, 1.165) is 25.8 Å². The van der Waals surface area contributed by atoms with Gasteiger partial charge >= 0.3 is 0 Å². The van der Waals surface area contributed by atoms with Crippen LogP contribution in [-0.2, 0) is 15.6 Å². The van der Waals surface area contributed by atoms with Gasteiger partial charge in [0.2, 0.25) is 5.91 Å². The Balaban J connectivity index is 2.26. The van der Waals surface area contributed by atoms with Gasteiger partial charge in [-0.15, -0.1) is 0 Å². The largest absolute Gasteiger partial charge is 0.353 e. The second-order valence-corrected chi connectivity index (χ2v) is 6.61. The molecule has 1 heterocycles. The quantitative estimate of drug-likeness (QED) is 0.763. The molecule has 4 nitrogen and oxygen atoms in total. The Labute approximate surface area is 106 Å². The molecule has 17 heavy (non-hydrogen) atoms. The lowest BCUT2D eigenvalue weighted by Gasteiger charge is -2.27. The summed E-state index contributed by atoms with van der Waals surface area (Å²) < 4.78 is 11.0. The first kappa shape index (κ1) is 14.6. The van der Waals surface area contributed by atoms with Crippen LogP contribution in [0.15, 0.2) is 0 Å². The molecule has 0 aliphatic carbocycles. The zero-order valence-corrected chi connectivity index (χ0v) is 11.8. The summed E-state index contributed by atoms with van der Waals surface area (Å²) in [5, 5.41) is 6.33. The number of piperidine rings is 1. The van der Waals surface area contributed by atoms with Gasteiger partial charge in [-0.25, -0.2) is 0 Å². The van der Waals surface area contributed by atoms with Crippen molar-refractivity contribution in [2.45, 2.75) is 45.2 Å². The van der Waals surface area contributed by atoms with Crippen molar-refractivity contribution in [2.75, 3.05) is 18.6 Å². The van der Waals surface area contributed by atoms with E-state index in [2.05, 4.69) is 17.6 Å². The molecule has 1 aliphatic heterocycles. The van der Waals surface area contributed by atoms with Crippen molar-refractivity contribution in [3.63, 3.8) is 0 Å². The van der Waals surface area contributed by atoms with Gasteiger partial charge in [0.1, 0.15) is 0 Å². The van der Waals surface area contributed by atoms with Crippen molar-refractivity contribution in [1.82, 2.24) is 10.6 Å². The molecule has 1 aliphatic rings. The van der Waals surface area contributed by atoms with E-state index in [0.29, 0.717) is 11.8 Å². The highest BCUT2D eigenvalue weighted by atomic mass is 32.2. The van der Waals surface area contributed by atoms with Crippen molar-refractivity contribution in [3.8, 4) is 0 Å². The molecule has 4 atom stereocenters. The molecule has 1 saturated heterocycles. The number of hydrogen-bond acceptors (Lipinski definition) is 3. The molecule has 1 rings (SSSR count). The van der Waals surface area contributed by atoms with Crippen molar-refractivity contribution < 1.29 is 9.00 Å². The highest BCUT2D eigenvalue weighted by molar-refractivity contribution is 7.84. The fourth-order valence-corrected chi connectivity index (χ4v) is 2.68. The average molecular weight is 260 g/mol. The Hall–Kier alpha value is -0.420. The Morgan fingerprint density at radius 3 is 2.76 bits per heavy atom. The lowest BCUT2D eigenvalue weighted by Crippen LogP contribution is -2.46. The number of nitrogens with one attached hydrogen (secondary N) is 2. The molecule has 0 bridgehead atoms. The predicted octanol–water partition coefficient (Wildman–Crippen LogP) is 0.648. The van der Waals surface area contributed by atoms with Gasteiger partial charge in [-0.05, 0) is 33.1 Å². The maximum Gasteiger partial charge on any atom is 0.224 e. The lowest BCUT2D eigenvalue weighted by molar-refractivity contribution is -0.126.